The number of nitro groups is 1. The Bertz CT molecular complexity index is 2530. The van der Waals surface area contributed by atoms with Gasteiger partial charge in [-0.05, 0) is 42.3 Å². The molecule has 0 aliphatic carbocycles. The number of rotatable bonds is 8. The molecule has 0 saturated carbocycles. The van der Waals surface area contributed by atoms with Crippen LogP contribution in [-0.2, 0) is 16.1 Å². The maximum atomic E-state index is 14.5. The van der Waals surface area contributed by atoms with Gasteiger partial charge in [0.25, 0.3) is 11.2 Å². The summed E-state index contributed by atoms with van der Waals surface area (Å²) in [4.78, 5) is 44.5. The molecule has 12 heteroatoms. The van der Waals surface area contributed by atoms with Crippen molar-refractivity contribution in [1.29, 1.82) is 0 Å². The van der Waals surface area contributed by atoms with Crippen LogP contribution >= 0.6 is 11.3 Å². The zero-order valence-electron chi connectivity index (χ0n) is 26.6. The molecule has 8 rings (SSSR count). The van der Waals surface area contributed by atoms with Crippen LogP contribution in [-0.4, -0.2) is 33.4 Å². The second-order valence-corrected chi connectivity index (χ2v) is 12.7. The summed E-state index contributed by atoms with van der Waals surface area (Å²) < 4.78 is 20.9. The first kappa shape index (κ1) is 31.0. The van der Waals surface area contributed by atoms with E-state index in [9.17, 15) is 19.7 Å². The van der Waals surface area contributed by atoms with Gasteiger partial charge in [0.2, 0.25) is 6.79 Å². The fraction of sp³-hybridized carbons (Fsp3) is 0.132. The van der Waals surface area contributed by atoms with Crippen molar-refractivity contribution < 1.29 is 23.9 Å². The van der Waals surface area contributed by atoms with Gasteiger partial charge in [-0.15, -0.1) is 0 Å². The van der Waals surface area contributed by atoms with Crippen molar-refractivity contribution in [1.82, 2.24) is 9.13 Å². The van der Waals surface area contributed by atoms with Crippen molar-refractivity contribution in [3.8, 4) is 11.5 Å². The average molecular weight is 685 g/mol. The zero-order valence-corrected chi connectivity index (χ0v) is 27.5. The van der Waals surface area contributed by atoms with Crippen LogP contribution in [0.2, 0.25) is 0 Å². The van der Waals surface area contributed by atoms with Gasteiger partial charge in [-0.1, -0.05) is 78.1 Å². The lowest BCUT2D eigenvalue weighted by Gasteiger charge is -2.26. The summed E-state index contributed by atoms with van der Waals surface area (Å²) in [7, 11) is 0. The fourth-order valence-corrected chi connectivity index (χ4v) is 7.41. The Balaban J connectivity index is 1.31. The van der Waals surface area contributed by atoms with E-state index in [1.165, 1.54) is 23.5 Å². The highest BCUT2D eigenvalue weighted by molar-refractivity contribution is 7.07. The highest BCUT2D eigenvalue weighted by atomic mass is 32.1. The van der Waals surface area contributed by atoms with Gasteiger partial charge >= 0.3 is 5.97 Å². The molecule has 0 N–H and O–H groups in total. The number of ether oxygens (including phenoxy) is 3. The molecule has 6 aromatic rings. The molecular weight excluding hydrogens is 657 g/mol. The van der Waals surface area contributed by atoms with Crippen molar-refractivity contribution in [2.24, 2.45) is 4.99 Å². The number of fused-ring (bicyclic) bond motifs is 3. The molecule has 0 saturated heterocycles. The number of esters is 1. The Morgan fingerprint density at radius 2 is 1.78 bits per heavy atom. The molecule has 1 atom stereocenters. The van der Waals surface area contributed by atoms with Crippen LogP contribution in [0.1, 0.15) is 35.2 Å². The molecule has 0 amide bonds. The molecule has 50 heavy (non-hydrogen) atoms. The highest BCUT2D eigenvalue weighted by Crippen LogP contribution is 2.40. The third-order valence-corrected chi connectivity index (χ3v) is 9.68. The van der Waals surface area contributed by atoms with Crippen molar-refractivity contribution in [3.05, 3.63) is 161 Å². The van der Waals surface area contributed by atoms with Gasteiger partial charge in [0.1, 0.15) is 0 Å². The normalized spacial score (nSPS) is 15.2. The second-order valence-electron chi connectivity index (χ2n) is 11.7. The third-order valence-electron chi connectivity index (χ3n) is 8.69. The topological polar surface area (TPSA) is 127 Å². The molecule has 0 fully saturated rings. The summed E-state index contributed by atoms with van der Waals surface area (Å²) >= 11 is 1.25. The molecule has 11 nitrogen and oxygen atoms in total. The molecule has 0 radical (unpaired) electrons. The van der Waals surface area contributed by atoms with Crippen LogP contribution in [0.3, 0.4) is 0 Å². The van der Waals surface area contributed by atoms with Gasteiger partial charge in [-0.2, -0.15) is 0 Å². The molecule has 0 bridgehead atoms. The van der Waals surface area contributed by atoms with Crippen molar-refractivity contribution >= 4 is 45.7 Å². The molecule has 0 unspecified atom stereocenters. The molecule has 248 valence electrons. The number of nitrogens with zero attached hydrogens (tertiary/aromatic N) is 4. The Morgan fingerprint density at radius 3 is 2.56 bits per heavy atom. The molecule has 2 aliphatic rings. The first-order valence-corrected chi connectivity index (χ1v) is 16.7. The molecule has 4 heterocycles. The predicted molar refractivity (Wildman–Crippen MR) is 188 cm³/mol. The number of aromatic nitrogens is 2. The number of hydrogen-bond acceptors (Lipinski definition) is 9. The monoisotopic (exact) mass is 684 g/mol. The maximum absolute atomic E-state index is 14.5. The van der Waals surface area contributed by atoms with E-state index in [1.807, 2.05) is 72.9 Å². The van der Waals surface area contributed by atoms with Gasteiger partial charge in [-0.3, -0.25) is 19.5 Å². The average Bonchev–Trinajstić information content (AvgIpc) is 3.83. The summed E-state index contributed by atoms with van der Waals surface area (Å²) in [6, 6.07) is 28.3. The Morgan fingerprint density at radius 1 is 1.02 bits per heavy atom. The number of para-hydroxylation sites is 1. The van der Waals surface area contributed by atoms with Crippen molar-refractivity contribution in [3.63, 3.8) is 0 Å². The van der Waals surface area contributed by atoms with E-state index in [0.29, 0.717) is 44.2 Å². The number of carbonyl (C=O) groups is 1. The van der Waals surface area contributed by atoms with Gasteiger partial charge in [0, 0.05) is 46.9 Å². The van der Waals surface area contributed by atoms with E-state index in [-0.39, 0.29) is 30.2 Å². The van der Waals surface area contributed by atoms with Gasteiger partial charge in [-0.25, -0.2) is 9.79 Å². The molecular formula is C38H28N4O7S. The van der Waals surface area contributed by atoms with E-state index < -0.39 is 16.9 Å². The highest BCUT2D eigenvalue weighted by Gasteiger charge is 2.36. The number of non-ortho nitro benzene ring substituents is 1. The summed E-state index contributed by atoms with van der Waals surface area (Å²) in [6.07, 6.45) is 3.82. The molecule has 0 spiro atoms. The first-order valence-electron chi connectivity index (χ1n) is 15.9. The van der Waals surface area contributed by atoms with E-state index in [1.54, 1.807) is 35.8 Å². The summed E-state index contributed by atoms with van der Waals surface area (Å²) in [5.41, 5.74) is 4.42. The Kier molecular flexibility index (Phi) is 7.84. The minimum atomic E-state index is -0.861. The zero-order chi connectivity index (χ0) is 34.4. The Hall–Kier alpha value is -6.27. The van der Waals surface area contributed by atoms with E-state index in [0.717, 1.165) is 22.0 Å². The smallest absolute Gasteiger partial charge is 0.338 e. The number of thiazole rings is 1. The first-order chi connectivity index (χ1) is 24.4. The number of nitro benzene ring substituents is 1. The van der Waals surface area contributed by atoms with Crippen LogP contribution in [0.25, 0.3) is 22.7 Å². The lowest BCUT2D eigenvalue weighted by Crippen LogP contribution is -2.40. The summed E-state index contributed by atoms with van der Waals surface area (Å²) in [5.74, 6) is 0.532. The van der Waals surface area contributed by atoms with E-state index in [4.69, 9.17) is 19.2 Å². The van der Waals surface area contributed by atoms with Crippen molar-refractivity contribution in [2.45, 2.75) is 19.5 Å². The second kappa shape index (κ2) is 12.6. The van der Waals surface area contributed by atoms with Crippen LogP contribution < -0.4 is 24.4 Å². The molecule has 2 aliphatic heterocycles. The summed E-state index contributed by atoms with van der Waals surface area (Å²) in [6.45, 7) is 2.44. The maximum Gasteiger partial charge on any atom is 0.338 e. The minimum absolute atomic E-state index is 0.0303. The van der Waals surface area contributed by atoms with Crippen LogP contribution in [0.5, 0.6) is 11.5 Å². The van der Waals surface area contributed by atoms with E-state index >= 15 is 0 Å². The minimum Gasteiger partial charge on any atom is -0.463 e. The summed E-state index contributed by atoms with van der Waals surface area (Å²) in [5, 5.41) is 12.1. The third kappa shape index (κ3) is 5.45. The van der Waals surface area contributed by atoms with Crippen LogP contribution in [0.15, 0.2) is 119 Å². The van der Waals surface area contributed by atoms with Gasteiger partial charge in [0.15, 0.2) is 16.3 Å². The fourth-order valence-electron chi connectivity index (χ4n) is 6.42. The van der Waals surface area contributed by atoms with Crippen LogP contribution in [0.4, 0.5) is 5.69 Å². The quantitative estimate of drug-likeness (QED) is 0.116. The van der Waals surface area contributed by atoms with Crippen molar-refractivity contribution in [2.75, 3.05) is 13.4 Å². The van der Waals surface area contributed by atoms with Gasteiger partial charge < -0.3 is 18.8 Å². The lowest BCUT2D eigenvalue weighted by molar-refractivity contribution is -0.384. The SMILES string of the molecule is CCOC(=O)C1=C(c2ccccc2)N=c2s/c(=C\c3cn(Cc4ccc([N+](=O)[O-])cc4)c4ccccc34)c(=O)n2[C@@H]1c1ccc2c(c1)OCO2. The number of hydrogen-bond donors (Lipinski definition) is 0. The number of carbonyl (C=O) groups excluding carboxylic acids is 1. The number of benzene rings is 4. The largest absolute Gasteiger partial charge is 0.463 e. The Labute approximate surface area is 288 Å². The van der Waals surface area contributed by atoms with Crippen LogP contribution in [0, 0.1) is 10.1 Å². The molecule has 4 aromatic carbocycles. The lowest BCUT2D eigenvalue weighted by atomic mass is 9.93. The standard InChI is InChI=1S/C38H28N4O7S/c1-2-47-37(44)33-34(24-8-4-3-5-9-24)39-38-41(35(33)25-14-17-30-31(18-25)49-22-48-30)36(43)32(50-38)19-26-21-40(29-11-7-6-10-28(26)29)20-23-12-15-27(16-13-23)42(45)46/h3-19,21,35H,2,20,22H2,1H3/b32-19-/t35-/m1/s1. The predicted octanol–water partition coefficient (Wildman–Crippen LogP) is 5.58. The van der Waals surface area contributed by atoms with Gasteiger partial charge in [0.05, 0.1) is 33.4 Å². The van der Waals surface area contributed by atoms with E-state index in [2.05, 4.69) is 4.57 Å². The molecule has 2 aromatic heterocycles.